The summed E-state index contributed by atoms with van der Waals surface area (Å²) < 4.78 is 56.9. The third-order valence-corrected chi connectivity index (χ3v) is 2.57. The Kier molecular flexibility index (Phi) is 5.81. The fourth-order valence-electron chi connectivity index (χ4n) is 1.86. The Morgan fingerprint density at radius 3 is 2.14 bits per heavy atom. The minimum Gasteiger partial charge on any atom is -0.508 e. The Morgan fingerprint density at radius 1 is 1.05 bits per heavy atom. The van der Waals surface area contributed by atoms with Crippen LogP contribution in [-0.2, 0) is 0 Å². The summed E-state index contributed by atoms with van der Waals surface area (Å²) in [4.78, 5) is 0. The molecule has 0 atom stereocenters. The number of hydrogen-bond acceptors (Lipinski definition) is 2. The second-order valence-corrected chi connectivity index (χ2v) is 4.42. The zero-order chi connectivity index (χ0) is 16.2. The molecule has 0 fully saturated rings. The molecule has 0 bridgehead atoms. The molecule has 21 heavy (non-hydrogen) atoms. The Balaban J connectivity index is 0.000000677. The highest BCUT2D eigenvalue weighted by Crippen LogP contribution is 2.37. The molecule has 2 aromatic carbocycles. The lowest BCUT2D eigenvalue weighted by Gasteiger charge is -2.12. The summed E-state index contributed by atoms with van der Waals surface area (Å²) in [5, 5.41) is 8.84. The molecule has 0 radical (unpaired) electrons. The highest BCUT2D eigenvalue weighted by atomic mass is 19.2. The van der Waals surface area contributed by atoms with Gasteiger partial charge in [-0.15, -0.1) is 0 Å². The molecule has 2 rings (SSSR count). The van der Waals surface area contributed by atoms with Gasteiger partial charge in [-0.3, -0.25) is 0 Å². The maximum atomic E-state index is 13.6. The number of fused-ring (bicyclic) bond motifs is 1. The van der Waals surface area contributed by atoms with Crippen molar-refractivity contribution in [2.75, 3.05) is 6.86 Å². The number of rotatable bonds is 2. The number of ether oxygens (including phenoxy) is 1. The molecular weight excluding hydrogens is 288 g/mol. The first kappa shape index (κ1) is 17.1. The van der Waals surface area contributed by atoms with Gasteiger partial charge in [0, 0.05) is 10.8 Å². The fourth-order valence-corrected chi connectivity index (χ4v) is 1.86. The van der Waals surface area contributed by atoms with Crippen molar-refractivity contribution < 1.29 is 27.4 Å². The molecule has 0 aliphatic heterocycles. The topological polar surface area (TPSA) is 29.5 Å². The Labute approximate surface area is 120 Å². The van der Waals surface area contributed by atoms with Gasteiger partial charge in [-0.1, -0.05) is 20.3 Å². The van der Waals surface area contributed by atoms with E-state index in [2.05, 4.69) is 18.6 Å². The van der Waals surface area contributed by atoms with Crippen LogP contribution in [0.15, 0.2) is 12.1 Å². The van der Waals surface area contributed by atoms with Crippen molar-refractivity contribution in [2.45, 2.75) is 27.2 Å². The molecule has 2 nitrogen and oxygen atoms in total. The number of hydrogen-bond donors (Lipinski definition) is 1. The Hall–Kier alpha value is -1.98. The predicted octanol–water partition coefficient (Wildman–Crippen LogP) is 4.99. The molecule has 0 saturated heterocycles. The van der Waals surface area contributed by atoms with Gasteiger partial charge in [0.15, 0.2) is 17.4 Å². The van der Waals surface area contributed by atoms with E-state index in [0.29, 0.717) is 0 Å². The molecule has 0 spiro atoms. The molecule has 116 valence electrons. The van der Waals surface area contributed by atoms with Crippen LogP contribution in [0.1, 0.15) is 25.8 Å². The Bertz CT molecular complexity index is 642. The summed E-state index contributed by atoms with van der Waals surface area (Å²) in [6.45, 7) is 4.31. The van der Waals surface area contributed by atoms with Gasteiger partial charge in [0.1, 0.15) is 5.75 Å². The van der Waals surface area contributed by atoms with Gasteiger partial charge in [-0.25, -0.2) is 13.2 Å². The summed E-state index contributed by atoms with van der Waals surface area (Å²) in [7, 11) is 0. The molecule has 0 amide bonds. The van der Waals surface area contributed by atoms with Gasteiger partial charge in [0.05, 0.1) is 0 Å². The molecule has 0 aromatic heterocycles. The smallest absolute Gasteiger partial charge is 0.228 e. The SMILES string of the molecule is CCC.Cc1cc(O)cc2c(F)c(F)c(F)c(OCF)c12. The molecule has 1 N–H and O–H groups in total. The van der Waals surface area contributed by atoms with E-state index in [1.165, 1.54) is 19.4 Å². The molecule has 0 aliphatic rings. The third-order valence-electron chi connectivity index (χ3n) is 2.57. The summed E-state index contributed by atoms with van der Waals surface area (Å²) in [6.07, 6.45) is 1.25. The van der Waals surface area contributed by atoms with Crippen LogP contribution in [0.5, 0.6) is 11.5 Å². The maximum absolute atomic E-state index is 13.6. The summed E-state index contributed by atoms with van der Waals surface area (Å²) in [6, 6.07) is 2.13. The van der Waals surface area contributed by atoms with Gasteiger partial charge in [-0.2, -0.15) is 4.39 Å². The number of alkyl halides is 1. The third kappa shape index (κ3) is 3.37. The fraction of sp³-hybridized carbons (Fsp3) is 0.333. The lowest BCUT2D eigenvalue weighted by molar-refractivity contribution is 0.184. The molecule has 6 heteroatoms. The van der Waals surface area contributed by atoms with Crippen LogP contribution in [0.4, 0.5) is 17.6 Å². The highest BCUT2D eigenvalue weighted by molar-refractivity contribution is 5.93. The standard InChI is InChI=1S/C12H8F4O2.C3H8/c1-5-2-6(17)3-7-8(5)12(18-4-13)11(16)10(15)9(7)14;1-3-2/h2-3,17H,4H2,1H3;3H2,1-2H3. The number of benzene rings is 2. The van der Waals surface area contributed by atoms with Crippen LogP contribution >= 0.6 is 0 Å². The monoisotopic (exact) mass is 304 g/mol. The number of phenolic OH excluding ortho intramolecular Hbond substituents is 1. The van der Waals surface area contributed by atoms with Crippen LogP contribution in [0, 0.1) is 24.4 Å². The molecule has 0 unspecified atom stereocenters. The first-order valence-corrected chi connectivity index (χ1v) is 6.37. The number of phenols is 1. The van der Waals surface area contributed by atoms with Crippen LogP contribution in [0.2, 0.25) is 0 Å². The average Bonchev–Trinajstić information content (AvgIpc) is 2.42. The lowest BCUT2D eigenvalue weighted by Crippen LogP contribution is -2.02. The normalized spacial score (nSPS) is 10.2. The molecular formula is C15H16F4O2. The van der Waals surface area contributed by atoms with Crippen molar-refractivity contribution in [3.63, 3.8) is 0 Å². The minimum atomic E-state index is -1.77. The molecule has 0 aliphatic carbocycles. The predicted molar refractivity (Wildman–Crippen MR) is 72.8 cm³/mol. The van der Waals surface area contributed by atoms with Gasteiger partial charge in [0.2, 0.25) is 12.7 Å². The van der Waals surface area contributed by atoms with Gasteiger partial charge in [-0.05, 0) is 24.6 Å². The van der Waals surface area contributed by atoms with E-state index < -0.39 is 30.1 Å². The van der Waals surface area contributed by atoms with E-state index in [9.17, 15) is 22.7 Å². The van der Waals surface area contributed by atoms with Crippen LogP contribution in [-0.4, -0.2) is 12.0 Å². The average molecular weight is 304 g/mol. The summed E-state index contributed by atoms with van der Waals surface area (Å²) in [5.41, 5.74) is 0.242. The summed E-state index contributed by atoms with van der Waals surface area (Å²) >= 11 is 0. The first-order chi connectivity index (χ1) is 9.88. The van der Waals surface area contributed by atoms with E-state index in [1.807, 2.05) is 0 Å². The van der Waals surface area contributed by atoms with E-state index in [0.717, 1.165) is 6.07 Å². The zero-order valence-electron chi connectivity index (χ0n) is 11.9. The zero-order valence-corrected chi connectivity index (χ0v) is 11.9. The molecule has 0 heterocycles. The first-order valence-electron chi connectivity index (χ1n) is 6.37. The summed E-state index contributed by atoms with van der Waals surface area (Å²) in [5.74, 6) is -5.82. The van der Waals surface area contributed by atoms with Crippen molar-refractivity contribution >= 4 is 10.8 Å². The number of aryl methyl sites for hydroxylation is 1. The molecule has 0 saturated carbocycles. The number of aromatic hydroxyl groups is 1. The van der Waals surface area contributed by atoms with Gasteiger partial charge in [0.25, 0.3) is 0 Å². The van der Waals surface area contributed by atoms with Crippen molar-refractivity contribution in [1.29, 1.82) is 0 Å². The second kappa shape index (κ2) is 7.15. The van der Waals surface area contributed by atoms with Crippen LogP contribution < -0.4 is 4.74 Å². The minimum absolute atomic E-state index is 0.109. The maximum Gasteiger partial charge on any atom is 0.228 e. The quantitative estimate of drug-likeness (QED) is 0.625. The van der Waals surface area contributed by atoms with E-state index in [-0.39, 0.29) is 22.1 Å². The van der Waals surface area contributed by atoms with E-state index in [1.54, 1.807) is 0 Å². The van der Waals surface area contributed by atoms with Gasteiger partial charge < -0.3 is 9.84 Å². The van der Waals surface area contributed by atoms with Gasteiger partial charge >= 0.3 is 0 Å². The van der Waals surface area contributed by atoms with Crippen LogP contribution in [0.3, 0.4) is 0 Å². The van der Waals surface area contributed by atoms with Crippen molar-refractivity contribution in [1.82, 2.24) is 0 Å². The second-order valence-electron chi connectivity index (χ2n) is 4.42. The number of halogens is 4. The Morgan fingerprint density at radius 2 is 1.62 bits per heavy atom. The van der Waals surface area contributed by atoms with E-state index in [4.69, 9.17) is 0 Å². The van der Waals surface area contributed by atoms with Crippen molar-refractivity contribution in [2.24, 2.45) is 0 Å². The largest absolute Gasteiger partial charge is 0.508 e. The van der Waals surface area contributed by atoms with Crippen molar-refractivity contribution in [3.8, 4) is 11.5 Å². The van der Waals surface area contributed by atoms with E-state index >= 15 is 0 Å². The molecule has 2 aromatic rings. The lowest BCUT2D eigenvalue weighted by atomic mass is 10.0. The highest BCUT2D eigenvalue weighted by Gasteiger charge is 2.23. The van der Waals surface area contributed by atoms with Crippen LogP contribution in [0.25, 0.3) is 10.8 Å². The van der Waals surface area contributed by atoms with Crippen molar-refractivity contribution in [3.05, 3.63) is 35.1 Å².